The van der Waals surface area contributed by atoms with Crippen molar-refractivity contribution in [1.29, 1.82) is 0 Å². The average molecular weight is 543 g/mol. The van der Waals surface area contributed by atoms with E-state index in [1.165, 1.54) is 54.8 Å². The van der Waals surface area contributed by atoms with E-state index in [0.29, 0.717) is 5.92 Å². The number of ether oxygens (including phenoxy) is 2. The van der Waals surface area contributed by atoms with Gasteiger partial charge in [0.1, 0.15) is 11.2 Å². The average Bonchev–Trinajstić information content (AvgIpc) is 3.84. The Morgan fingerprint density at radius 1 is 0.878 bits per heavy atom. The summed E-state index contributed by atoms with van der Waals surface area (Å²) >= 11 is 0. The fourth-order valence-corrected chi connectivity index (χ4v) is 6.72. The number of epoxide rings is 2. The fraction of sp³-hybridized carbons (Fsp3) is 0.351. The normalized spacial score (nSPS) is 27.2. The van der Waals surface area contributed by atoms with Crippen LogP contribution in [0.5, 0.6) is 0 Å². The van der Waals surface area contributed by atoms with Crippen molar-refractivity contribution in [2.24, 2.45) is 11.3 Å². The van der Waals surface area contributed by atoms with Crippen molar-refractivity contribution in [3.05, 3.63) is 82.5 Å². The molecule has 0 amide bonds. The second-order valence-electron chi connectivity index (χ2n) is 13.7. The maximum Gasteiger partial charge on any atom is 0.107 e. The van der Waals surface area contributed by atoms with Gasteiger partial charge in [-0.05, 0) is 43.5 Å². The van der Waals surface area contributed by atoms with Crippen molar-refractivity contribution < 1.29 is 9.47 Å². The highest BCUT2D eigenvalue weighted by Crippen LogP contribution is 2.40. The van der Waals surface area contributed by atoms with E-state index in [-0.39, 0.29) is 16.6 Å². The molecular weight excluding hydrogens is 504 g/mol. The highest BCUT2D eigenvalue weighted by molar-refractivity contribution is 6.03. The molecule has 2 aromatic heterocycles. The van der Waals surface area contributed by atoms with Crippen molar-refractivity contribution in [3.8, 4) is 11.1 Å². The third-order valence-corrected chi connectivity index (χ3v) is 9.30. The molecule has 4 nitrogen and oxygen atoms in total. The Balaban J connectivity index is 1.39. The maximum absolute atomic E-state index is 5.91. The summed E-state index contributed by atoms with van der Waals surface area (Å²) < 4.78 is 16.8. The highest BCUT2D eigenvalue weighted by atomic mass is 16.6. The van der Waals surface area contributed by atoms with Crippen molar-refractivity contribution >= 4 is 46.1 Å². The van der Waals surface area contributed by atoms with E-state index in [0.717, 1.165) is 26.3 Å². The summed E-state index contributed by atoms with van der Waals surface area (Å²) in [6, 6.07) is 13.8. The lowest BCUT2D eigenvalue weighted by Crippen LogP contribution is -2.33. The molecule has 4 heterocycles. The summed E-state index contributed by atoms with van der Waals surface area (Å²) in [5.41, 5.74) is 7.44. The van der Waals surface area contributed by atoms with Crippen LogP contribution >= 0.6 is 0 Å². The van der Waals surface area contributed by atoms with E-state index in [1.807, 2.05) is 0 Å². The van der Waals surface area contributed by atoms with Crippen LogP contribution in [0.4, 0.5) is 0 Å². The van der Waals surface area contributed by atoms with E-state index >= 15 is 0 Å². The molecule has 0 saturated carbocycles. The fourth-order valence-electron chi connectivity index (χ4n) is 6.72. The van der Waals surface area contributed by atoms with Crippen molar-refractivity contribution in [2.75, 3.05) is 13.2 Å². The lowest BCUT2D eigenvalue weighted by atomic mass is 9.93. The molecule has 8 rings (SSSR count). The van der Waals surface area contributed by atoms with Gasteiger partial charge in [0.2, 0.25) is 0 Å². The molecule has 208 valence electrons. The Kier molecular flexibility index (Phi) is 5.19. The van der Waals surface area contributed by atoms with Crippen LogP contribution in [-0.4, -0.2) is 33.6 Å². The summed E-state index contributed by atoms with van der Waals surface area (Å²) in [5.74, 6) is 0.416. The number of allylic oxidation sites excluding steroid dienone is 4. The maximum atomic E-state index is 5.91. The van der Waals surface area contributed by atoms with E-state index in [1.54, 1.807) is 0 Å². The van der Waals surface area contributed by atoms with Gasteiger partial charge in [0, 0.05) is 49.1 Å². The predicted octanol–water partition coefficient (Wildman–Crippen LogP) is 6.67. The molecule has 3 unspecified atom stereocenters. The molecular formula is C37H38N2O2. The van der Waals surface area contributed by atoms with E-state index in [2.05, 4.69) is 129 Å². The van der Waals surface area contributed by atoms with Crippen LogP contribution in [-0.2, 0) is 22.6 Å². The van der Waals surface area contributed by atoms with Crippen LogP contribution in [0.3, 0.4) is 0 Å². The Morgan fingerprint density at radius 3 is 2.37 bits per heavy atom. The number of hydrogen-bond donors (Lipinski definition) is 0. The van der Waals surface area contributed by atoms with Crippen LogP contribution in [0.15, 0.2) is 60.7 Å². The first kappa shape index (κ1) is 25.1. The molecule has 0 N–H and O–H groups in total. The molecule has 3 atom stereocenters. The first-order valence-corrected chi connectivity index (χ1v) is 15.0. The molecule has 41 heavy (non-hydrogen) atoms. The minimum atomic E-state index is -0.105. The van der Waals surface area contributed by atoms with Crippen molar-refractivity contribution in [3.63, 3.8) is 0 Å². The second-order valence-corrected chi connectivity index (χ2v) is 13.7. The third kappa shape index (κ3) is 4.19. The largest absolute Gasteiger partial charge is 0.368 e. The van der Waals surface area contributed by atoms with Gasteiger partial charge in [0.15, 0.2) is 0 Å². The molecule has 4 aliphatic rings. The van der Waals surface area contributed by atoms with Crippen LogP contribution in [0.25, 0.3) is 57.2 Å². The van der Waals surface area contributed by atoms with Gasteiger partial charge < -0.3 is 18.6 Å². The first-order chi connectivity index (χ1) is 19.6. The summed E-state index contributed by atoms with van der Waals surface area (Å²) in [6.07, 6.45) is 18.5. The van der Waals surface area contributed by atoms with Crippen molar-refractivity contribution in [1.82, 2.24) is 9.13 Å². The summed E-state index contributed by atoms with van der Waals surface area (Å²) in [4.78, 5) is 0. The van der Waals surface area contributed by atoms with Gasteiger partial charge in [-0.25, -0.2) is 0 Å². The zero-order valence-electron chi connectivity index (χ0n) is 24.7. The molecule has 0 radical (unpaired) electrons. The number of rotatable bonds is 5. The standard InChI is InChI=1S/C37H38N2O2/c1-24-11-14-28-29-9-6-8-26(34(29)39(31(28)15-12-24)21-37(5)23-41-37)25-13-16-32-30(18-25)27-10-7-17-35(2,3)19-33(27)38(32)20-36(4)22-40-36/h6-19,24H,20-23H2,1-5H3. The first-order valence-electron chi connectivity index (χ1n) is 15.0. The molecule has 0 spiro atoms. The van der Waals surface area contributed by atoms with Crippen LogP contribution < -0.4 is 10.6 Å². The second kappa shape index (κ2) is 8.47. The van der Waals surface area contributed by atoms with Gasteiger partial charge in [-0.2, -0.15) is 0 Å². The number of benzene rings is 2. The summed E-state index contributed by atoms with van der Waals surface area (Å²) in [6.45, 7) is 14.6. The lowest BCUT2D eigenvalue weighted by molar-refractivity contribution is 0.294. The molecule has 0 bridgehead atoms. The van der Waals surface area contributed by atoms with Gasteiger partial charge in [-0.15, -0.1) is 0 Å². The minimum absolute atomic E-state index is 0.0221. The smallest absolute Gasteiger partial charge is 0.107 e. The topological polar surface area (TPSA) is 34.9 Å². The molecule has 2 fully saturated rings. The SMILES string of the molecule is CC1C=Cc2c(n(CC3(C)CO3)c3c(-c4ccc5c(c4)c4c(n5CC5(C)CO5)=CC(C)(C)C=CC=4)cccc23)C=C1. The van der Waals surface area contributed by atoms with Gasteiger partial charge in [0.05, 0.1) is 31.8 Å². The molecule has 2 aliphatic heterocycles. The highest BCUT2D eigenvalue weighted by Gasteiger charge is 2.41. The molecule has 2 saturated heterocycles. The lowest BCUT2D eigenvalue weighted by Gasteiger charge is -2.16. The summed E-state index contributed by atoms with van der Waals surface area (Å²) in [5, 5.41) is 5.19. The molecule has 2 aromatic carbocycles. The number of hydrogen-bond acceptors (Lipinski definition) is 2. The monoisotopic (exact) mass is 542 g/mol. The quantitative estimate of drug-likeness (QED) is 0.264. The van der Waals surface area contributed by atoms with E-state index in [9.17, 15) is 0 Å². The van der Waals surface area contributed by atoms with E-state index in [4.69, 9.17) is 9.47 Å². The van der Waals surface area contributed by atoms with Crippen LogP contribution in [0.2, 0.25) is 0 Å². The van der Waals surface area contributed by atoms with Crippen molar-refractivity contribution in [2.45, 2.75) is 58.9 Å². The van der Waals surface area contributed by atoms with Gasteiger partial charge >= 0.3 is 0 Å². The van der Waals surface area contributed by atoms with Gasteiger partial charge in [-0.1, -0.05) is 87.6 Å². The Hall–Kier alpha value is -3.60. The minimum Gasteiger partial charge on any atom is -0.368 e. The third-order valence-electron chi connectivity index (χ3n) is 9.30. The Morgan fingerprint density at radius 2 is 1.61 bits per heavy atom. The Bertz CT molecular complexity index is 1970. The number of aromatic nitrogens is 2. The molecule has 4 heteroatoms. The van der Waals surface area contributed by atoms with Crippen LogP contribution in [0, 0.1) is 11.3 Å². The van der Waals surface area contributed by atoms with Crippen LogP contribution in [0.1, 0.15) is 45.9 Å². The van der Waals surface area contributed by atoms with E-state index < -0.39 is 0 Å². The predicted molar refractivity (Wildman–Crippen MR) is 170 cm³/mol. The zero-order valence-corrected chi connectivity index (χ0v) is 24.7. The number of nitrogens with zero attached hydrogens (tertiary/aromatic N) is 2. The number of fused-ring (bicyclic) bond motifs is 6. The Labute approximate surface area is 241 Å². The number of para-hydroxylation sites is 1. The van der Waals surface area contributed by atoms with Gasteiger partial charge in [-0.3, -0.25) is 0 Å². The summed E-state index contributed by atoms with van der Waals surface area (Å²) in [7, 11) is 0. The zero-order chi connectivity index (χ0) is 28.1. The molecule has 4 aromatic rings. The molecule has 2 aliphatic carbocycles. The van der Waals surface area contributed by atoms with Gasteiger partial charge in [0.25, 0.3) is 0 Å².